The number of pyridine rings is 2. The average molecular weight is 552 g/mol. The Bertz CT molecular complexity index is 1780. The number of aromatic nitrogens is 4. The van der Waals surface area contributed by atoms with E-state index < -0.39 is 11.3 Å². The van der Waals surface area contributed by atoms with Crippen LogP contribution in [0.5, 0.6) is 23.0 Å². The van der Waals surface area contributed by atoms with Crippen LogP contribution in [-0.2, 0) is 0 Å². The summed E-state index contributed by atoms with van der Waals surface area (Å²) < 4.78 is 18.5. The summed E-state index contributed by atoms with van der Waals surface area (Å²) in [6.07, 6.45) is 4.59. The first-order valence-electron chi connectivity index (χ1n) is 12.9. The van der Waals surface area contributed by atoms with Crippen molar-refractivity contribution in [3.05, 3.63) is 94.5 Å². The molecule has 0 aliphatic heterocycles. The monoisotopic (exact) mass is 551 g/mol. The van der Waals surface area contributed by atoms with Gasteiger partial charge in [0, 0.05) is 35.5 Å². The summed E-state index contributed by atoms with van der Waals surface area (Å²) in [6, 6.07) is 16.0. The second-order valence-corrected chi connectivity index (χ2v) is 9.63. The van der Waals surface area contributed by atoms with Gasteiger partial charge >= 0.3 is 0 Å². The number of amides is 1. The molecule has 5 rings (SSSR count). The predicted molar refractivity (Wildman–Crippen MR) is 156 cm³/mol. The first-order chi connectivity index (χ1) is 19.8. The van der Waals surface area contributed by atoms with Crippen molar-refractivity contribution in [2.75, 3.05) is 19.5 Å². The van der Waals surface area contributed by atoms with Crippen molar-refractivity contribution >= 4 is 22.6 Å². The van der Waals surface area contributed by atoms with E-state index in [4.69, 9.17) is 14.2 Å². The molecule has 1 N–H and O–H groups in total. The van der Waals surface area contributed by atoms with Crippen molar-refractivity contribution in [3.63, 3.8) is 0 Å². The number of nitrogens with one attached hydrogen (secondary N) is 1. The Morgan fingerprint density at radius 1 is 0.927 bits per heavy atom. The second kappa shape index (κ2) is 11.5. The standard InChI is InChI=1S/C31H29N5O5/c1-18(2)36-17-23(30(37)29(35-36)20-8-6-19(3)7-9-20)31(38)34-28-11-10-21(16-33-28)41-25-12-13-32-24-15-27(40-5)26(39-4)14-22(24)25/h6-18H,1-5H3,(H,33,34,38). The van der Waals surface area contributed by atoms with Crippen molar-refractivity contribution in [1.29, 1.82) is 0 Å². The SMILES string of the molecule is COc1cc2nccc(Oc3ccc(NC(=O)c4cn(C(C)C)nc(-c5ccc(C)cc5)c4=O)nc3)c2cc1OC. The van der Waals surface area contributed by atoms with Gasteiger partial charge in [-0.2, -0.15) is 5.10 Å². The Hall–Kier alpha value is -5.25. The molecular weight excluding hydrogens is 522 g/mol. The van der Waals surface area contributed by atoms with Crippen LogP contribution in [0.3, 0.4) is 0 Å². The Balaban J connectivity index is 1.39. The summed E-state index contributed by atoms with van der Waals surface area (Å²) in [7, 11) is 3.12. The van der Waals surface area contributed by atoms with Gasteiger partial charge in [-0.05, 0) is 45.0 Å². The third-order valence-electron chi connectivity index (χ3n) is 6.45. The van der Waals surface area contributed by atoms with E-state index in [1.165, 1.54) is 12.4 Å². The molecule has 0 saturated carbocycles. The molecule has 0 spiro atoms. The molecule has 0 aliphatic rings. The fraction of sp³-hybridized carbons (Fsp3) is 0.194. The molecule has 0 radical (unpaired) electrons. The maximum absolute atomic E-state index is 13.3. The largest absolute Gasteiger partial charge is 0.493 e. The van der Waals surface area contributed by atoms with Crippen molar-refractivity contribution in [2.24, 2.45) is 0 Å². The van der Waals surface area contributed by atoms with Crippen LogP contribution < -0.4 is 25.0 Å². The zero-order valence-corrected chi connectivity index (χ0v) is 23.3. The molecule has 10 heteroatoms. The smallest absolute Gasteiger partial charge is 0.262 e. The first kappa shape index (κ1) is 27.3. The van der Waals surface area contributed by atoms with Gasteiger partial charge in [-0.1, -0.05) is 29.8 Å². The summed E-state index contributed by atoms with van der Waals surface area (Å²) in [6.45, 7) is 5.82. The Kier molecular flexibility index (Phi) is 7.64. The molecule has 3 aromatic heterocycles. The molecule has 2 aromatic carbocycles. The maximum Gasteiger partial charge on any atom is 0.262 e. The third kappa shape index (κ3) is 5.72. The second-order valence-electron chi connectivity index (χ2n) is 9.63. The van der Waals surface area contributed by atoms with E-state index in [1.54, 1.807) is 55.4 Å². The first-order valence-corrected chi connectivity index (χ1v) is 12.9. The lowest BCUT2D eigenvalue weighted by Crippen LogP contribution is -2.27. The van der Waals surface area contributed by atoms with E-state index in [1.807, 2.05) is 45.0 Å². The lowest BCUT2D eigenvalue weighted by molar-refractivity contribution is 0.102. The molecule has 5 aromatic rings. The molecule has 41 heavy (non-hydrogen) atoms. The van der Waals surface area contributed by atoms with E-state index >= 15 is 0 Å². The summed E-state index contributed by atoms with van der Waals surface area (Å²) in [4.78, 5) is 35.2. The van der Waals surface area contributed by atoms with Crippen LogP contribution in [0, 0.1) is 6.92 Å². The van der Waals surface area contributed by atoms with Gasteiger partial charge in [-0.3, -0.25) is 19.3 Å². The van der Waals surface area contributed by atoms with E-state index in [0.29, 0.717) is 34.1 Å². The van der Waals surface area contributed by atoms with E-state index in [9.17, 15) is 9.59 Å². The number of methoxy groups -OCH3 is 2. The van der Waals surface area contributed by atoms with Gasteiger partial charge in [0.15, 0.2) is 11.5 Å². The molecular formula is C31H29N5O5. The minimum absolute atomic E-state index is 0.0287. The van der Waals surface area contributed by atoms with Gasteiger partial charge in [0.2, 0.25) is 5.43 Å². The van der Waals surface area contributed by atoms with Crippen LogP contribution in [-0.4, -0.2) is 39.9 Å². The number of hydrogen-bond acceptors (Lipinski definition) is 8. The Morgan fingerprint density at radius 2 is 1.66 bits per heavy atom. The summed E-state index contributed by atoms with van der Waals surface area (Å²) in [5, 5.41) is 7.93. The highest BCUT2D eigenvalue weighted by molar-refractivity contribution is 6.04. The summed E-state index contributed by atoms with van der Waals surface area (Å²) in [5.74, 6) is 1.78. The highest BCUT2D eigenvalue weighted by Crippen LogP contribution is 2.36. The molecule has 0 fully saturated rings. The highest BCUT2D eigenvalue weighted by Gasteiger charge is 2.19. The van der Waals surface area contributed by atoms with Crippen LogP contribution in [0.1, 0.15) is 35.8 Å². The molecule has 1 amide bonds. The molecule has 0 unspecified atom stereocenters. The van der Waals surface area contributed by atoms with Crippen LogP contribution >= 0.6 is 0 Å². The van der Waals surface area contributed by atoms with Gasteiger partial charge < -0.3 is 19.5 Å². The molecule has 0 bridgehead atoms. The number of aryl methyl sites for hydroxylation is 1. The molecule has 10 nitrogen and oxygen atoms in total. The quantitative estimate of drug-likeness (QED) is 0.257. The van der Waals surface area contributed by atoms with Gasteiger partial charge in [-0.25, -0.2) is 4.98 Å². The average Bonchev–Trinajstić information content (AvgIpc) is 2.98. The van der Waals surface area contributed by atoms with Crippen LogP contribution in [0.2, 0.25) is 0 Å². The highest BCUT2D eigenvalue weighted by atomic mass is 16.5. The molecule has 208 valence electrons. The van der Waals surface area contributed by atoms with Crippen molar-refractivity contribution < 1.29 is 19.0 Å². The fourth-order valence-corrected chi connectivity index (χ4v) is 4.20. The molecule has 3 heterocycles. The normalized spacial score (nSPS) is 11.0. The molecule has 0 saturated heterocycles. The zero-order valence-electron chi connectivity index (χ0n) is 23.3. The lowest BCUT2D eigenvalue weighted by Gasteiger charge is -2.14. The number of ether oxygens (including phenoxy) is 3. The van der Waals surface area contributed by atoms with Crippen LogP contribution in [0.25, 0.3) is 22.2 Å². The lowest BCUT2D eigenvalue weighted by atomic mass is 10.1. The number of hydrogen-bond donors (Lipinski definition) is 1. The number of anilines is 1. The predicted octanol–water partition coefficient (Wildman–Crippen LogP) is 5.80. The van der Waals surface area contributed by atoms with Gasteiger partial charge in [0.1, 0.15) is 28.6 Å². The number of carbonyl (C=O) groups excluding carboxylic acids is 1. The number of rotatable bonds is 8. The van der Waals surface area contributed by atoms with Crippen molar-refractivity contribution in [1.82, 2.24) is 19.7 Å². The molecule has 0 aliphatic carbocycles. The Morgan fingerprint density at radius 3 is 2.32 bits per heavy atom. The summed E-state index contributed by atoms with van der Waals surface area (Å²) >= 11 is 0. The number of fused-ring (bicyclic) bond motifs is 1. The zero-order chi connectivity index (χ0) is 29.1. The maximum atomic E-state index is 13.3. The Labute approximate surface area is 236 Å². The minimum Gasteiger partial charge on any atom is -0.493 e. The van der Waals surface area contributed by atoms with Gasteiger partial charge in [0.05, 0.1) is 25.9 Å². The minimum atomic E-state index is -0.581. The van der Waals surface area contributed by atoms with Crippen molar-refractivity contribution in [3.8, 4) is 34.3 Å². The fourth-order valence-electron chi connectivity index (χ4n) is 4.20. The number of carbonyl (C=O) groups is 1. The van der Waals surface area contributed by atoms with E-state index in [0.717, 1.165) is 10.9 Å². The molecule has 0 atom stereocenters. The van der Waals surface area contributed by atoms with Crippen LogP contribution in [0.4, 0.5) is 5.82 Å². The topological polar surface area (TPSA) is 117 Å². The summed E-state index contributed by atoms with van der Waals surface area (Å²) in [5.41, 5.74) is 2.10. The third-order valence-corrected chi connectivity index (χ3v) is 6.45. The van der Waals surface area contributed by atoms with E-state index in [-0.39, 0.29) is 23.1 Å². The van der Waals surface area contributed by atoms with E-state index in [2.05, 4.69) is 20.4 Å². The van der Waals surface area contributed by atoms with Crippen molar-refractivity contribution in [2.45, 2.75) is 26.8 Å². The van der Waals surface area contributed by atoms with Gasteiger partial charge in [0.25, 0.3) is 5.91 Å². The number of nitrogens with zero attached hydrogens (tertiary/aromatic N) is 4. The van der Waals surface area contributed by atoms with Crippen LogP contribution in [0.15, 0.2) is 78.0 Å². The van der Waals surface area contributed by atoms with Gasteiger partial charge in [-0.15, -0.1) is 0 Å². The number of benzene rings is 2.